The van der Waals surface area contributed by atoms with Gasteiger partial charge in [-0.15, -0.1) is 0 Å². The number of fused-ring (bicyclic) bond motifs is 2. The van der Waals surface area contributed by atoms with Gasteiger partial charge in [-0.3, -0.25) is 14.6 Å². The number of ether oxygens (including phenoxy) is 2. The minimum Gasteiger partial charge on any atom is -0.494 e. The van der Waals surface area contributed by atoms with Gasteiger partial charge in [0.05, 0.1) is 46.8 Å². The number of amides is 1. The van der Waals surface area contributed by atoms with Crippen molar-refractivity contribution in [2.24, 2.45) is 0 Å². The van der Waals surface area contributed by atoms with Gasteiger partial charge in [0.25, 0.3) is 5.91 Å². The van der Waals surface area contributed by atoms with E-state index in [1.165, 1.54) is 11.3 Å². The summed E-state index contributed by atoms with van der Waals surface area (Å²) >= 11 is 1.53. The number of benzene rings is 3. The van der Waals surface area contributed by atoms with Crippen LogP contribution in [0.15, 0.2) is 78.9 Å². The van der Waals surface area contributed by atoms with Gasteiger partial charge in [0.15, 0.2) is 5.13 Å². The molecule has 0 aliphatic carbocycles. The van der Waals surface area contributed by atoms with Crippen molar-refractivity contribution in [1.29, 1.82) is 0 Å². The van der Waals surface area contributed by atoms with Gasteiger partial charge >= 0.3 is 0 Å². The average molecular weight is 553 g/mol. The lowest BCUT2D eigenvalue weighted by Crippen LogP contribution is -2.39. The summed E-state index contributed by atoms with van der Waals surface area (Å²) in [5.41, 5.74) is 4.04. The lowest BCUT2D eigenvalue weighted by Gasteiger charge is -2.28. The molecular weight excluding hydrogens is 520 g/mol. The molecule has 1 fully saturated rings. The second-order valence-electron chi connectivity index (χ2n) is 9.76. The Balaban J connectivity index is 1.39. The van der Waals surface area contributed by atoms with E-state index in [-0.39, 0.29) is 5.91 Å². The first-order valence-corrected chi connectivity index (χ1v) is 14.6. The molecule has 0 atom stereocenters. The summed E-state index contributed by atoms with van der Waals surface area (Å²) in [6.07, 6.45) is 0.834. The minimum absolute atomic E-state index is 0.0677. The van der Waals surface area contributed by atoms with Crippen LogP contribution in [-0.2, 0) is 4.74 Å². The van der Waals surface area contributed by atoms with Crippen LogP contribution in [0.2, 0.25) is 0 Å². The highest BCUT2D eigenvalue weighted by atomic mass is 32.1. The maximum Gasteiger partial charge on any atom is 0.260 e. The van der Waals surface area contributed by atoms with Crippen LogP contribution in [0.3, 0.4) is 0 Å². The summed E-state index contributed by atoms with van der Waals surface area (Å²) < 4.78 is 12.2. The summed E-state index contributed by atoms with van der Waals surface area (Å²) in [5, 5.41) is 1.53. The highest BCUT2D eigenvalue weighted by Gasteiger charge is 2.25. The monoisotopic (exact) mass is 552 g/mol. The van der Waals surface area contributed by atoms with Gasteiger partial charge in [-0.05, 0) is 43.7 Å². The Labute approximate surface area is 238 Å². The lowest BCUT2D eigenvalue weighted by atomic mass is 10.0. The van der Waals surface area contributed by atoms with Crippen LogP contribution >= 0.6 is 11.3 Å². The predicted molar refractivity (Wildman–Crippen MR) is 162 cm³/mol. The standard InChI is InChI=1S/C32H32N4O3S/c1-2-39-24-13-14-28-30(21-24)40-32(34-28)36(16-8-15-35-17-19-38-20-18-35)31(37)26-22-29(23-9-4-3-5-10-23)33-27-12-7-6-11-25(26)27/h3-7,9-14,21-22H,2,8,15-20H2,1H3. The summed E-state index contributed by atoms with van der Waals surface area (Å²) in [6.45, 7) is 7.39. The third-order valence-corrected chi connectivity index (χ3v) is 8.15. The molecule has 0 unspecified atom stereocenters. The van der Waals surface area contributed by atoms with E-state index in [4.69, 9.17) is 19.4 Å². The summed E-state index contributed by atoms with van der Waals surface area (Å²) in [5.74, 6) is 0.741. The van der Waals surface area contributed by atoms with Crippen LogP contribution in [0.4, 0.5) is 5.13 Å². The van der Waals surface area contributed by atoms with E-state index in [1.54, 1.807) is 0 Å². The number of pyridine rings is 1. The molecule has 204 valence electrons. The Morgan fingerprint density at radius 2 is 1.77 bits per heavy atom. The number of hydrogen-bond acceptors (Lipinski definition) is 7. The Bertz CT molecular complexity index is 1620. The third-order valence-electron chi connectivity index (χ3n) is 7.11. The predicted octanol–water partition coefficient (Wildman–Crippen LogP) is 6.28. The highest BCUT2D eigenvalue weighted by Crippen LogP contribution is 2.34. The first-order chi connectivity index (χ1) is 19.7. The van der Waals surface area contributed by atoms with Crippen LogP contribution in [0.5, 0.6) is 5.75 Å². The fraction of sp³-hybridized carbons (Fsp3) is 0.281. The molecule has 1 amide bonds. The van der Waals surface area contributed by atoms with E-state index in [0.29, 0.717) is 23.8 Å². The smallest absolute Gasteiger partial charge is 0.260 e. The summed E-state index contributed by atoms with van der Waals surface area (Å²) in [4.78, 5) is 28.5. The van der Waals surface area contributed by atoms with E-state index in [0.717, 1.165) is 77.4 Å². The van der Waals surface area contributed by atoms with E-state index >= 15 is 0 Å². The van der Waals surface area contributed by atoms with Crippen molar-refractivity contribution in [1.82, 2.24) is 14.9 Å². The first-order valence-electron chi connectivity index (χ1n) is 13.8. The van der Waals surface area contributed by atoms with Gasteiger partial charge in [0.2, 0.25) is 0 Å². The molecule has 0 radical (unpaired) electrons. The molecule has 3 aromatic carbocycles. The molecule has 0 spiro atoms. The highest BCUT2D eigenvalue weighted by molar-refractivity contribution is 7.22. The zero-order valence-electron chi connectivity index (χ0n) is 22.6. The van der Waals surface area contributed by atoms with E-state index in [9.17, 15) is 4.79 Å². The van der Waals surface area contributed by atoms with Crippen molar-refractivity contribution in [3.63, 3.8) is 0 Å². The molecule has 0 N–H and O–H groups in total. The maximum atomic E-state index is 14.5. The first kappa shape index (κ1) is 26.4. The Morgan fingerprint density at radius 3 is 2.60 bits per heavy atom. The van der Waals surface area contributed by atoms with Gasteiger partial charge in [0.1, 0.15) is 5.75 Å². The molecule has 2 aromatic heterocycles. The second-order valence-corrected chi connectivity index (χ2v) is 10.8. The summed E-state index contributed by atoms with van der Waals surface area (Å²) in [6, 6.07) is 25.7. The fourth-order valence-electron chi connectivity index (χ4n) is 5.08. The summed E-state index contributed by atoms with van der Waals surface area (Å²) in [7, 11) is 0. The molecule has 7 nitrogen and oxygen atoms in total. The Hall–Kier alpha value is -3.85. The third kappa shape index (κ3) is 5.70. The number of aromatic nitrogens is 2. The van der Waals surface area contributed by atoms with Crippen LogP contribution in [0.25, 0.3) is 32.4 Å². The largest absolute Gasteiger partial charge is 0.494 e. The van der Waals surface area contributed by atoms with E-state index in [2.05, 4.69) is 4.90 Å². The molecule has 0 bridgehead atoms. The molecule has 3 heterocycles. The molecular formula is C32H32N4O3S. The number of anilines is 1. The van der Waals surface area contributed by atoms with Crippen molar-refractivity contribution in [2.75, 3.05) is 50.9 Å². The molecule has 6 rings (SSSR count). The molecule has 8 heteroatoms. The Kier molecular flexibility index (Phi) is 7.99. The fourth-order valence-corrected chi connectivity index (χ4v) is 6.10. The number of nitrogens with zero attached hydrogens (tertiary/aromatic N) is 4. The van der Waals surface area contributed by atoms with Crippen LogP contribution in [-0.4, -0.2) is 66.8 Å². The van der Waals surface area contributed by atoms with Crippen molar-refractivity contribution in [3.8, 4) is 17.0 Å². The van der Waals surface area contributed by atoms with E-state index in [1.807, 2.05) is 90.7 Å². The molecule has 40 heavy (non-hydrogen) atoms. The molecule has 5 aromatic rings. The quantitative estimate of drug-likeness (QED) is 0.214. The molecule has 1 aliphatic heterocycles. The number of thiazole rings is 1. The van der Waals surface area contributed by atoms with Crippen LogP contribution in [0.1, 0.15) is 23.7 Å². The maximum absolute atomic E-state index is 14.5. The molecule has 1 saturated heterocycles. The topological polar surface area (TPSA) is 67.8 Å². The zero-order valence-corrected chi connectivity index (χ0v) is 23.4. The minimum atomic E-state index is -0.0677. The van der Waals surface area contributed by atoms with Gasteiger partial charge in [-0.1, -0.05) is 59.9 Å². The van der Waals surface area contributed by atoms with E-state index < -0.39 is 0 Å². The number of morpholine rings is 1. The van der Waals surface area contributed by atoms with Gasteiger partial charge in [0, 0.05) is 37.1 Å². The number of para-hydroxylation sites is 1. The number of carbonyl (C=O) groups excluding carboxylic acids is 1. The van der Waals surface area contributed by atoms with Gasteiger partial charge in [-0.2, -0.15) is 0 Å². The SMILES string of the molecule is CCOc1ccc2nc(N(CCCN3CCOCC3)C(=O)c3cc(-c4ccccc4)nc4ccccc34)sc2c1. The Morgan fingerprint density at radius 1 is 0.975 bits per heavy atom. The number of hydrogen-bond donors (Lipinski definition) is 0. The zero-order chi connectivity index (χ0) is 27.3. The van der Waals surface area contributed by atoms with Crippen molar-refractivity contribution in [3.05, 3.63) is 84.4 Å². The van der Waals surface area contributed by atoms with Gasteiger partial charge < -0.3 is 9.47 Å². The van der Waals surface area contributed by atoms with Crippen LogP contribution < -0.4 is 9.64 Å². The number of carbonyl (C=O) groups is 1. The van der Waals surface area contributed by atoms with Crippen molar-refractivity contribution >= 4 is 43.5 Å². The molecule has 0 saturated carbocycles. The lowest BCUT2D eigenvalue weighted by molar-refractivity contribution is 0.0376. The normalized spacial score (nSPS) is 14.0. The molecule has 1 aliphatic rings. The van der Waals surface area contributed by atoms with Crippen molar-refractivity contribution in [2.45, 2.75) is 13.3 Å². The van der Waals surface area contributed by atoms with Crippen LogP contribution in [0, 0.1) is 0 Å². The van der Waals surface area contributed by atoms with Gasteiger partial charge in [-0.25, -0.2) is 9.97 Å². The van der Waals surface area contributed by atoms with Crippen molar-refractivity contribution < 1.29 is 14.3 Å². The average Bonchev–Trinajstić information content (AvgIpc) is 3.43. The second kappa shape index (κ2) is 12.1. The number of rotatable bonds is 9.